The molecule has 1 amide bonds. The number of anilines is 1. The third kappa shape index (κ3) is 3.92. The van der Waals surface area contributed by atoms with Gasteiger partial charge in [-0.1, -0.05) is 18.2 Å². The van der Waals surface area contributed by atoms with E-state index >= 15 is 0 Å². The van der Waals surface area contributed by atoms with E-state index in [1.54, 1.807) is 50.6 Å². The molecule has 0 aliphatic carbocycles. The number of hydrogen-bond donors (Lipinski definition) is 1. The minimum atomic E-state index is -0.820. The number of carbonyl (C=O) groups is 2. The number of Topliss-reactive ketones (excluding diaryl/α,β-unsaturated/α-hetero) is 1. The number of benzene rings is 3. The summed E-state index contributed by atoms with van der Waals surface area (Å²) in [6, 6.07) is 17.1. The molecule has 4 rings (SSSR count). The first-order chi connectivity index (χ1) is 16.3. The van der Waals surface area contributed by atoms with Crippen LogP contribution in [0.15, 0.2) is 66.2 Å². The smallest absolute Gasteiger partial charge is 0.300 e. The number of nitrogens with zero attached hydrogens (tertiary/aromatic N) is 1. The average molecular weight is 458 g/mol. The lowest BCUT2D eigenvalue weighted by atomic mass is 9.94. The van der Waals surface area contributed by atoms with E-state index in [4.69, 9.17) is 9.47 Å². The molecular weight excluding hydrogens is 430 g/mol. The normalized spacial score (nSPS) is 17.2. The number of carbonyl (C=O) groups excluding carboxylic acids is 2. The molecule has 34 heavy (non-hydrogen) atoms. The highest BCUT2D eigenvalue weighted by atomic mass is 16.5. The molecule has 3 aromatic carbocycles. The van der Waals surface area contributed by atoms with Gasteiger partial charge in [-0.25, -0.2) is 0 Å². The zero-order chi connectivity index (χ0) is 24.6. The Balaban J connectivity index is 1.96. The fraction of sp³-hybridized carbons (Fsp3) is 0.214. The van der Waals surface area contributed by atoms with Gasteiger partial charge in [0.25, 0.3) is 11.7 Å². The van der Waals surface area contributed by atoms with Crippen molar-refractivity contribution >= 4 is 23.1 Å². The number of amides is 1. The molecule has 1 unspecified atom stereocenters. The standard InChI is InChI=1S/C28H27NO5/c1-16-9-11-21(14-17(16)2)29-25(19-7-6-8-22(15-19)33-4)24(27(31)28(29)32)26(30)20-10-12-23(34-5)18(3)13-20/h6-15,25,30H,1-5H3/b26-24+. The van der Waals surface area contributed by atoms with E-state index in [2.05, 4.69) is 0 Å². The van der Waals surface area contributed by atoms with Crippen LogP contribution in [0.3, 0.4) is 0 Å². The monoisotopic (exact) mass is 457 g/mol. The van der Waals surface area contributed by atoms with Gasteiger partial charge in [-0.3, -0.25) is 14.5 Å². The van der Waals surface area contributed by atoms with Crippen LogP contribution in [0.2, 0.25) is 0 Å². The minimum Gasteiger partial charge on any atom is -0.507 e. The number of hydrogen-bond acceptors (Lipinski definition) is 5. The van der Waals surface area contributed by atoms with E-state index in [-0.39, 0.29) is 11.3 Å². The number of methoxy groups -OCH3 is 2. The molecule has 1 N–H and O–H groups in total. The third-order valence-corrected chi connectivity index (χ3v) is 6.29. The largest absolute Gasteiger partial charge is 0.507 e. The molecule has 6 nitrogen and oxygen atoms in total. The highest BCUT2D eigenvalue weighted by Crippen LogP contribution is 2.43. The molecule has 1 saturated heterocycles. The van der Waals surface area contributed by atoms with Crippen LogP contribution in [0.25, 0.3) is 5.76 Å². The van der Waals surface area contributed by atoms with Crippen LogP contribution < -0.4 is 14.4 Å². The third-order valence-electron chi connectivity index (χ3n) is 6.29. The molecule has 1 aliphatic rings. The Morgan fingerprint density at radius 3 is 2.26 bits per heavy atom. The summed E-state index contributed by atoms with van der Waals surface area (Å²) in [5, 5.41) is 11.3. The van der Waals surface area contributed by atoms with Crippen LogP contribution in [0.5, 0.6) is 11.5 Å². The molecule has 6 heteroatoms. The first kappa shape index (κ1) is 23.1. The first-order valence-corrected chi connectivity index (χ1v) is 10.9. The van der Waals surface area contributed by atoms with E-state index in [9.17, 15) is 14.7 Å². The molecule has 1 aliphatic heterocycles. The maximum Gasteiger partial charge on any atom is 0.300 e. The van der Waals surface area contributed by atoms with Gasteiger partial charge in [0.1, 0.15) is 17.3 Å². The second-order valence-electron chi connectivity index (χ2n) is 8.40. The van der Waals surface area contributed by atoms with Crippen molar-refractivity contribution in [3.8, 4) is 11.5 Å². The molecule has 1 fully saturated rings. The second kappa shape index (κ2) is 9.06. The van der Waals surface area contributed by atoms with Gasteiger partial charge < -0.3 is 14.6 Å². The van der Waals surface area contributed by atoms with E-state index in [1.807, 2.05) is 45.0 Å². The van der Waals surface area contributed by atoms with E-state index in [1.165, 1.54) is 4.90 Å². The van der Waals surface area contributed by atoms with Crippen molar-refractivity contribution in [2.24, 2.45) is 0 Å². The van der Waals surface area contributed by atoms with Crippen molar-refractivity contribution in [2.75, 3.05) is 19.1 Å². The Hall–Kier alpha value is -4.06. The Labute approximate surface area is 199 Å². The molecule has 3 aromatic rings. The lowest BCUT2D eigenvalue weighted by molar-refractivity contribution is -0.132. The average Bonchev–Trinajstić information content (AvgIpc) is 3.10. The van der Waals surface area contributed by atoms with Crippen LogP contribution in [-0.4, -0.2) is 31.0 Å². The zero-order valence-electron chi connectivity index (χ0n) is 19.9. The van der Waals surface area contributed by atoms with Crippen molar-refractivity contribution in [3.05, 3.63) is 94.1 Å². The SMILES string of the molecule is COc1cccc(C2/C(=C(\O)c3ccc(OC)c(C)c3)C(=O)C(=O)N2c2ccc(C)c(C)c2)c1. The van der Waals surface area contributed by atoms with Crippen molar-refractivity contribution < 1.29 is 24.2 Å². The summed E-state index contributed by atoms with van der Waals surface area (Å²) < 4.78 is 10.7. The summed E-state index contributed by atoms with van der Waals surface area (Å²) >= 11 is 0. The Kier molecular flexibility index (Phi) is 6.16. The minimum absolute atomic E-state index is 0.0287. The van der Waals surface area contributed by atoms with Crippen LogP contribution >= 0.6 is 0 Å². The molecule has 1 atom stereocenters. The zero-order valence-corrected chi connectivity index (χ0v) is 19.9. The van der Waals surface area contributed by atoms with Gasteiger partial charge >= 0.3 is 0 Å². The van der Waals surface area contributed by atoms with Crippen LogP contribution in [-0.2, 0) is 9.59 Å². The number of ketones is 1. The van der Waals surface area contributed by atoms with Gasteiger partial charge in [-0.15, -0.1) is 0 Å². The van der Waals surface area contributed by atoms with Gasteiger partial charge in [0.15, 0.2) is 0 Å². The number of ether oxygens (including phenoxy) is 2. The quantitative estimate of drug-likeness (QED) is 0.322. The molecule has 0 aromatic heterocycles. The molecule has 1 heterocycles. The van der Waals surface area contributed by atoms with Gasteiger partial charge in [-0.05, 0) is 85.5 Å². The Morgan fingerprint density at radius 1 is 0.853 bits per heavy atom. The number of rotatable bonds is 5. The number of aryl methyl sites for hydroxylation is 3. The molecular formula is C28H27NO5. The van der Waals surface area contributed by atoms with E-state index in [0.717, 1.165) is 16.7 Å². The number of aliphatic hydroxyl groups is 1. The summed E-state index contributed by atoms with van der Waals surface area (Å²) in [5.74, 6) is -0.414. The van der Waals surface area contributed by atoms with Crippen molar-refractivity contribution in [3.63, 3.8) is 0 Å². The maximum atomic E-state index is 13.3. The summed E-state index contributed by atoms with van der Waals surface area (Å²) in [4.78, 5) is 28.1. The molecule has 174 valence electrons. The second-order valence-corrected chi connectivity index (χ2v) is 8.40. The van der Waals surface area contributed by atoms with E-state index < -0.39 is 17.7 Å². The van der Waals surface area contributed by atoms with Crippen LogP contribution in [0.1, 0.15) is 33.9 Å². The summed E-state index contributed by atoms with van der Waals surface area (Å²) in [6.45, 7) is 5.79. The lowest BCUT2D eigenvalue weighted by Crippen LogP contribution is -2.29. The predicted octanol–water partition coefficient (Wildman–Crippen LogP) is 5.26. The summed E-state index contributed by atoms with van der Waals surface area (Å²) in [7, 11) is 3.12. The maximum absolute atomic E-state index is 13.3. The first-order valence-electron chi connectivity index (χ1n) is 10.9. The summed E-state index contributed by atoms with van der Waals surface area (Å²) in [6.07, 6.45) is 0. The molecule has 0 saturated carbocycles. The van der Waals surface area contributed by atoms with Gasteiger partial charge in [0.2, 0.25) is 0 Å². The van der Waals surface area contributed by atoms with E-state index in [0.29, 0.717) is 28.3 Å². The summed E-state index contributed by atoms with van der Waals surface area (Å²) in [5.41, 5.74) is 4.58. The molecule has 0 spiro atoms. The lowest BCUT2D eigenvalue weighted by Gasteiger charge is -2.26. The highest BCUT2D eigenvalue weighted by molar-refractivity contribution is 6.51. The highest BCUT2D eigenvalue weighted by Gasteiger charge is 2.47. The van der Waals surface area contributed by atoms with Crippen molar-refractivity contribution in [2.45, 2.75) is 26.8 Å². The van der Waals surface area contributed by atoms with Crippen LogP contribution in [0.4, 0.5) is 5.69 Å². The fourth-order valence-electron chi connectivity index (χ4n) is 4.28. The van der Waals surface area contributed by atoms with Crippen molar-refractivity contribution in [1.82, 2.24) is 0 Å². The van der Waals surface area contributed by atoms with Gasteiger partial charge in [-0.2, -0.15) is 0 Å². The Morgan fingerprint density at radius 2 is 1.62 bits per heavy atom. The topological polar surface area (TPSA) is 76.1 Å². The van der Waals surface area contributed by atoms with Crippen molar-refractivity contribution in [1.29, 1.82) is 0 Å². The van der Waals surface area contributed by atoms with Gasteiger partial charge in [0, 0.05) is 11.3 Å². The Bertz CT molecular complexity index is 1320. The van der Waals surface area contributed by atoms with Crippen LogP contribution in [0, 0.1) is 20.8 Å². The predicted molar refractivity (Wildman–Crippen MR) is 131 cm³/mol. The number of aliphatic hydroxyl groups excluding tert-OH is 1. The molecule has 0 radical (unpaired) electrons. The fourth-order valence-corrected chi connectivity index (χ4v) is 4.28. The van der Waals surface area contributed by atoms with Gasteiger partial charge in [0.05, 0.1) is 25.8 Å². The molecule has 0 bridgehead atoms.